The highest BCUT2D eigenvalue weighted by Crippen LogP contribution is 2.20. The Kier molecular flexibility index (Phi) is 6.06. The van der Waals surface area contributed by atoms with Crippen molar-refractivity contribution in [2.45, 2.75) is 20.4 Å². The van der Waals surface area contributed by atoms with Crippen LogP contribution in [0.2, 0.25) is 5.02 Å². The molecule has 2 aromatic carbocycles. The average molecular weight is 394 g/mol. The van der Waals surface area contributed by atoms with Crippen LogP contribution in [0.1, 0.15) is 37.7 Å². The van der Waals surface area contributed by atoms with Gasteiger partial charge in [-0.15, -0.1) is 0 Å². The van der Waals surface area contributed by atoms with Crippen molar-refractivity contribution in [1.29, 1.82) is 0 Å². The minimum atomic E-state index is -0.404. The first kappa shape index (κ1) is 19.6. The van der Waals surface area contributed by atoms with Gasteiger partial charge in [-0.2, -0.15) is 0 Å². The van der Waals surface area contributed by atoms with E-state index in [-0.39, 0.29) is 17.3 Å². The number of aromatic nitrogens is 1. The molecule has 0 bridgehead atoms. The van der Waals surface area contributed by atoms with Crippen molar-refractivity contribution in [3.05, 3.63) is 93.8 Å². The first-order valence-corrected chi connectivity index (χ1v) is 9.18. The van der Waals surface area contributed by atoms with Gasteiger partial charge < -0.3 is 10.6 Å². The number of rotatable bonds is 5. The molecular formula is C22H20ClN3O2. The molecule has 0 unspecified atom stereocenters. The molecule has 0 saturated heterocycles. The van der Waals surface area contributed by atoms with Crippen LogP contribution in [0.25, 0.3) is 0 Å². The van der Waals surface area contributed by atoms with Crippen LogP contribution in [-0.2, 0) is 6.54 Å². The number of carbonyl (C=O) groups excluding carboxylic acids is 2. The topological polar surface area (TPSA) is 71.1 Å². The second kappa shape index (κ2) is 8.67. The molecule has 5 nitrogen and oxygen atoms in total. The zero-order chi connectivity index (χ0) is 20.1. The van der Waals surface area contributed by atoms with Gasteiger partial charge in [0, 0.05) is 17.3 Å². The molecule has 0 saturated carbocycles. The highest BCUT2D eigenvalue weighted by atomic mass is 35.5. The van der Waals surface area contributed by atoms with Crippen molar-refractivity contribution in [3.63, 3.8) is 0 Å². The van der Waals surface area contributed by atoms with Gasteiger partial charge in [0.15, 0.2) is 0 Å². The van der Waals surface area contributed by atoms with E-state index in [0.29, 0.717) is 17.3 Å². The molecule has 1 heterocycles. The summed E-state index contributed by atoms with van der Waals surface area (Å²) in [4.78, 5) is 29.1. The molecule has 3 rings (SSSR count). The summed E-state index contributed by atoms with van der Waals surface area (Å²) in [6.45, 7) is 4.26. The number of nitrogens with one attached hydrogen (secondary N) is 2. The third-order valence-electron chi connectivity index (χ3n) is 4.20. The Labute approximate surface area is 168 Å². The SMILES string of the molecule is Cc1cccc(CNC(=O)c2cccc(C(=O)Nc3cc(Cl)ccc3C)n2)c1. The largest absolute Gasteiger partial charge is 0.347 e. The van der Waals surface area contributed by atoms with Gasteiger partial charge in [-0.1, -0.05) is 53.6 Å². The zero-order valence-electron chi connectivity index (χ0n) is 15.6. The molecule has 0 spiro atoms. The van der Waals surface area contributed by atoms with E-state index >= 15 is 0 Å². The molecule has 3 aromatic rings. The van der Waals surface area contributed by atoms with E-state index in [2.05, 4.69) is 15.6 Å². The maximum atomic E-state index is 12.5. The Morgan fingerprint density at radius 1 is 0.929 bits per heavy atom. The lowest BCUT2D eigenvalue weighted by atomic mass is 10.1. The highest BCUT2D eigenvalue weighted by molar-refractivity contribution is 6.31. The van der Waals surface area contributed by atoms with Gasteiger partial charge in [-0.05, 0) is 49.2 Å². The van der Waals surface area contributed by atoms with Crippen LogP contribution in [0.5, 0.6) is 0 Å². The Bertz CT molecular complexity index is 1030. The van der Waals surface area contributed by atoms with Crippen LogP contribution in [0.15, 0.2) is 60.7 Å². The van der Waals surface area contributed by atoms with Crippen LogP contribution in [0.4, 0.5) is 5.69 Å². The number of benzene rings is 2. The number of nitrogens with zero attached hydrogens (tertiary/aromatic N) is 1. The minimum Gasteiger partial charge on any atom is -0.347 e. The monoisotopic (exact) mass is 393 g/mol. The minimum absolute atomic E-state index is 0.155. The van der Waals surface area contributed by atoms with E-state index in [4.69, 9.17) is 11.6 Å². The Balaban J connectivity index is 1.69. The predicted molar refractivity (Wildman–Crippen MR) is 111 cm³/mol. The van der Waals surface area contributed by atoms with E-state index in [0.717, 1.165) is 16.7 Å². The summed E-state index contributed by atoms with van der Waals surface area (Å²) in [6.07, 6.45) is 0. The van der Waals surface area contributed by atoms with Gasteiger partial charge in [0.25, 0.3) is 11.8 Å². The van der Waals surface area contributed by atoms with Gasteiger partial charge >= 0.3 is 0 Å². The second-order valence-corrected chi connectivity index (χ2v) is 6.93. The fourth-order valence-electron chi connectivity index (χ4n) is 2.70. The summed E-state index contributed by atoms with van der Waals surface area (Å²) in [5.41, 5.74) is 3.95. The number of pyridine rings is 1. The van der Waals surface area contributed by atoms with Crippen molar-refractivity contribution in [2.75, 3.05) is 5.32 Å². The van der Waals surface area contributed by atoms with E-state index in [1.54, 1.807) is 30.3 Å². The maximum Gasteiger partial charge on any atom is 0.274 e. The fraction of sp³-hybridized carbons (Fsp3) is 0.136. The third kappa shape index (κ3) is 4.96. The molecule has 1 aromatic heterocycles. The predicted octanol–water partition coefficient (Wildman–Crippen LogP) is 4.53. The third-order valence-corrected chi connectivity index (χ3v) is 4.43. The first-order valence-electron chi connectivity index (χ1n) is 8.80. The molecule has 2 amide bonds. The van der Waals surface area contributed by atoms with Gasteiger partial charge in [0.1, 0.15) is 11.4 Å². The van der Waals surface area contributed by atoms with Crippen molar-refractivity contribution < 1.29 is 9.59 Å². The number of hydrogen-bond donors (Lipinski definition) is 2. The summed E-state index contributed by atoms with van der Waals surface area (Å²) in [5.74, 6) is -0.742. The molecule has 0 aliphatic heterocycles. The van der Waals surface area contributed by atoms with Gasteiger partial charge in [-0.25, -0.2) is 4.98 Å². The van der Waals surface area contributed by atoms with Gasteiger partial charge in [0.2, 0.25) is 0 Å². The van der Waals surface area contributed by atoms with Crippen LogP contribution < -0.4 is 10.6 Å². The Morgan fingerprint density at radius 3 is 2.39 bits per heavy atom. The number of amides is 2. The number of aryl methyl sites for hydroxylation is 2. The molecule has 0 aliphatic rings. The number of halogens is 1. The van der Waals surface area contributed by atoms with Gasteiger partial charge in [-0.3, -0.25) is 9.59 Å². The van der Waals surface area contributed by atoms with Crippen molar-refractivity contribution in [1.82, 2.24) is 10.3 Å². The van der Waals surface area contributed by atoms with E-state index < -0.39 is 5.91 Å². The van der Waals surface area contributed by atoms with E-state index in [1.807, 2.05) is 44.2 Å². The quantitative estimate of drug-likeness (QED) is 0.668. The maximum absolute atomic E-state index is 12.5. The fourth-order valence-corrected chi connectivity index (χ4v) is 2.87. The van der Waals surface area contributed by atoms with Crippen molar-refractivity contribution in [2.24, 2.45) is 0 Å². The average Bonchev–Trinajstić information content (AvgIpc) is 2.69. The number of anilines is 1. The molecule has 0 radical (unpaired) electrons. The van der Waals surface area contributed by atoms with Crippen LogP contribution >= 0.6 is 11.6 Å². The molecular weight excluding hydrogens is 374 g/mol. The molecule has 0 aliphatic carbocycles. The highest BCUT2D eigenvalue weighted by Gasteiger charge is 2.13. The molecule has 0 atom stereocenters. The number of carbonyl (C=O) groups is 2. The molecule has 2 N–H and O–H groups in total. The standard InChI is InChI=1S/C22H20ClN3O2/c1-14-5-3-6-16(11-14)13-24-21(27)18-7-4-8-19(25-18)22(28)26-20-12-17(23)10-9-15(20)2/h3-12H,13H2,1-2H3,(H,24,27)(H,26,28). The normalized spacial score (nSPS) is 10.4. The summed E-state index contributed by atoms with van der Waals surface area (Å²) in [7, 11) is 0. The lowest BCUT2D eigenvalue weighted by Gasteiger charge is -2.10. The molecule has 6 heteroatoms. The Hall–Kier alpha value is -3.18. The van der Waals surface area contributed by atoms with Crippen LogP contribution in [0.3, 0.4) is 0 Å². The smallest absolute Gasteiger partial charge is 0.274 e. The van der Waals surface area contributed by atoms with E-state index in [9.17, 15) is 9.59 Å². The summed E-state index contributed by atoms with van der Waals surface area (Å²) < 4.78 is 0. The zero-order valence-corrected chi connectivity index (χ0v) is 16.4. The van der Waals surface area contributed by atoms with Crippen LogP contribution in [-0.4, -0.2) is 16.8 Å². The lowest BCUT2D eigenvalue weighted by molar-refractivity contribution is 0.0945. The Morgan fingerprint density at radius 2 is 1.64 bits per heavy atom. The lowest BCUT2D eigenvalue weighted by Crippen LogP contribution is -2.25. The molecule has 28 heavy (non-hydrogen) atoms. The van der Waals surface area contributed by atoms with Crippen molar-refractivity contribution >= 4 is 29.1 Å². The first-order chi connectivity index (χ1) is 13.4. The number of hydrogen-bond acceptors (Lipinski definition) is 3. The molecule has 142 valence electrons. The van der Waals surface area contributed by atoms with Crippen molar-refractivity contribution in [3.8, 4) is 0 Å². The van der Waals surface area contributed by atoms with E-state index in [1.165, 1.54) is 0 Å². The summed E-state index contributed by atoms with van der Waals surface area (Å²) in [6, 6.07) is 17.9. The van der Waals surface area contributed by atoms with Gasteiger partial charge in [0.05, 0.1) is 0 Å². The summed E-state index contributed by atoms with van der Waals surface area (Å²) >= 11 is 5.99. The van der Waals surface area contributed by atoms with Crippen LogP contribution in [0, 0.1) is 13.8 Å². The summed E-state index contributed by atoms with van der Waals surface area (Å²) in [5, 5.41) is 6.13. The second-order valence-electron chi connectivity index (χ2n) is 6.49. The molecule has 0 fully saturated rings.